The van der Waals surface area contributed by atoms with Crippen molar-refractivity contribution in [2.75, 3.05) is 0 Å². The van der Waals surface area contributed by atoms with Gasteiger partial charge in [-0.15, -0.1) is 0 Å². The molecule has 0 bridgehead atoms. The average molecular weight is 336 g/mol. The van der Waals surface area contributed by atoms with Crippen molar-refractivity contribution in [1.82, 2.24) is 10.4 Å². The van der Waals surface area contributed by atoms with Crippen LogP contribution in [0.1, 0.15) is 10.4 Å². The van der Waals surface area contributed by atoms with Crippen molar-refractivity contribution in [1.29, 1.82) is 0 Å². The Kier molecular flexibility index (Phi) is 9.76. The van der Waals surface area contributed by atoms with Crippen LogP contribution in [0.2, 0.25) is 0 Å². The van der Waals surface area contributed by atoms with Crippen LogP contribution in [-0.2, 0) is 4.79 Å². The number of hydrazone groups is 1. The fourth-order valence-electron chi connectivity index (χ4n) is 1.36. The number of aliphatic carboxylic acids is 1. The molecule has 0 fully saturated rings. The third-order valence-corrected chi connectivity index (χ3v) is 2.61. The van der Waals surface area contributed by atoms with Gasteiger partial charge in [0.1, 0.15) is 18.3 Å². The van der Waals surface area contributed by atoms with Gasteiger partial charge in [-0.3, -0.25) is 9.78 Å². The topological polar surface area (TPSA) is 173 Å². The van der Waals surface area contributed by atoms with Crippen LogP contribution in [-0.4, -0.2) is 73.0 Å². The third-order valence-electron chi connectivity index (χ3n) is 2.61. The summed E-state index contributed by atoms with van der Waals surface area (Å²) in [4.78, 5) is 25.7. The van der Waals surface area contributed by atoms with Crippen molar-refractivity contribution in [3.63, 3.8) is 0 Å². The number of carboxylic acid groups (broad SMARTS) is 1. The molecule has 1 heterocycles. The zero-order valence-electron chi connectivity index (χ0n) is 12.1. The van der Waals surface area contributed by atoms with E-state index in [1.165, 1.54) is 24.5 Å². The van der Waals surface area contributed by atoms with E-state index in [2.05, 4.69) is 10.1 Å². The standard InChI is InChI=1S/C12H15N3O7.Na/c16-7(8(17)9(18)10(19)12(21)22)5-14-15-11(20)6-1-3-13-4-2-6;/h1-5,7-10,16-19H,(H,15,20)(H,21,22);/q;+1/b14-5-;. The molecule has 4 atom stereocenters. The van der Waals surface area contributed by atoms with Gasteiger partial charge >= 0.3 is 35.5 Å². The van der Waals surface area contributed by atoms with Crippen LogP contribution < -0.4 is 35.0 Å². The van der Waals surface area contributed by atoms with Crippen molar-refractivity contribution in [3.05, 3.63) is 30.1 Å². The molecule has 11 heteroatoms. The molecule has 0 saturated carbocycles. The van der Waals surface area contributed by atoms with Crippen LogP contribution in [0, 0.1) is 0 Å². The zero-order chi connectivity index (χ0) is 16.7. The SMILES string of the molecule is O=C(N/N=C\C(O)C(O)C(O)C(O)C(=O)O)c1ccncc1.[Na+]. The Hall–Kier alpha value is -1.40. The van der Waals surface area contributed by atoms with Gasteiger partial charge in [-0.2, -0.15) is 5.10 Å². The first-order chi connectivity index (χ1) is 10.3. The number of carboxylic acids is 1. The fraction of sp³-hybridized carbons (Fsp3) is 0.333. The van der Waals surface area contributed by atoms with Gasteiger partial charge in [0.15, 0.2) is 6.10 Å². The maximum absolute atomic E-state index is 11.6. The Labute approximate surface area is 152 Å². The molecular formula is C12H15N3NaO7+. The van der Waals surface area contributed by atoms with E-state index in [1.807, 2.05) is 5.43 Å². The Morgan fingerprint density at radius 1 is 1.13 bits per heavy atom. The molecule has 4 unspecified atom stereocenters. The molecule has 6 N–H and O–H groups in total. The van der Waals surface area contributed by atoms with Gasteiger partial charge < -0.3 is 25.5 Å². The van der Waals surface area contributed by atoms with Crippen LogP contribution in [0.4, 0.5) is 0 Å². The van der Waals surface area contributed by atoms with Gasteiger partial charge in [0.05, 0.1) is 6.21 Å². The third kappa shape index (κ3) is 6.71. The summed E-state index contributed by atoms with van der Waals surface area (Å²) in [5, 5.41) is 49.1. The number of aromatic nitrogens is 1. The molecule has 0 spiro atoms. The molecule has 1 rings (SSSR count). The summed E-state index contributed by atoms with van der Waals surface area (Å²) >= 11 is 0. The number of hydrogen-bond acceptors (Lipinski definition) is 8. The number of hydrogen-bond donors (Lipinski definition) is 6. The molecule has 1 aromatic heterocycles. The Morgan fingerprint density at radius 3 is 2.22 bits per heavy atom. The Bertz CT molecular complexity index is 543. The van der Waals surface area contributed by atoms with E-state index in [1.54, 1.807) is 0 Å². The summed E-state index contributed by atoms with van der Waals surface area (Å²) < 4.78 is 0. The maximum Gasteiger partial charge on any atom is 1.00 e. The number of carbonyl (C=O) groups is 2. The van der Waals surface area contributed by atoms with Gasteiger partial charge in [0.2, 0.25) is 0 Å². The Morgan fingerprint density at radius 2 is 1.70 bits per heavy atom. The molecule has 1 amide bonds. The van der Waals surface area contributed by atoms with E-state index in [4.69, 9.17) is 10.2 Å². The Balaban J connectivity index is 0.00000484. The first-order valence-electron chi connectivity index (χ1n) is 6.03. The first kappa shape index (κ1) is 21.6. The van der Waals surface area contributed by atoms with E-state index < -0.39 is 36.3 Å². The van der Waals surface area contributed by atoms with Gasteiger partial charge in [0, 0.05) is 18.0 Å². The van der Waals surface area contributed by atoms with Crippen molar-refractivity contribution < 1.29 is 64.7 Å². The molecule has 0 aliphatic rings. The van der Waals surface area contributed by atoms with Crippen molar-refractivity contribution >= 4 is 18.1 Å². The second kappa shape index (κ2) is 10.4. The minimum Gasteiger partial charge on any atom is -0.479 e. The molecule has 0 saturated heterocycles. The molecule has 0 radical (unpaired) electrons. The van der Waals surface area contributed by atoms with E-state index in [-0.39, 0.29) is 35.1 Å². The number of amides is 1. The molecule has 0 aromatic carbocycles. The predicted molar refractivity (Wildman–Crippen MR) is 71.9 cm³/mol. The van der Waals surface area contributed by atoms with Gasteiger partial charge in [-0.25, -0.2) is 10.2 Å². The van der Waals surface area contributed by atoms with Crippen LogP contribution in [0.15, 0.2) is 29.6 Å². The predicted octanol–water partition coefficient (Wildman–Crippen LogP) is -5.67. The average Bonchev–Trinajstić information content (AvgIpc) is 2.53. The van der Waals surface area contributed by atoms with E-state index >= 15 is 0 Å². The summed E-state index contributed by atoms with van der Waals surface area (Å²) in [5.74, 6) is -2.37. The quantitative estimate of drug-likeness (QED) is 0.162. The van der Waals surface area contributed by atoms with Crippen LogP contribution >= 0.6 is 0 Å². The minimum absolute atomic E-state index is 0. The maximum atomic E-state index is 11.6. The molecule has 23 heavy (non-hydrogen) atoms. The van der Waals surface area contributed by atoms with E-state index in [0.717, 1.165) is 0 Å². The molecule has 10 nitrogen and oxygen atoms in total. The molecule has 120 valence electrons. The van der Waals surface area contributed by atoms with Crippen LogP contribution in [0.3, 0.4) is 0 Å². The van der Waals surface area contributed by atoms with Crippen molar-refractivity contribution in [3.8, 4) is 0 Å². The van der Waals surface area contributed by atoms with E-state index in [9.17, 15) is 24.9 Å². The van der Waals surface area contributed by atoms with Crippen LogP contribution in [0.5, 0.6) is 0 Å². The normalized spacial score (nSPS) is 16.0. The van der Waals surface area contributed by atoms with Gasteiger partial charge in [0.25, 0.3) is 5.91 Å². The monoisotopic (exact) mass is 336 g/mol. The summed E-state index contributed by atoms with van der Waals surface area (Å²) in [6.07, 6.45) is -4.75. The first-order valence-corrected chi connectivity index (χ1v) is 6.03. The number of carbonyl (C=O) groups excluding carboxylic acids is 1. The van der Waals surface area contributed by atoms with E-state index in [0.29, 0.717) is 6.21 Å². The minimum atomic E-state index is -2.27. The number of nitrogens with one attached hydrogen (secondary N) is 1. The molecular weight excluding hydrogens is 321 g/mol. The fourth-order valence-corrected chi connectivity index (χ4v) is 1.36. The summed E-state index contributed by atoms with van der Waals surface area (Å²) in [6.45, 7) is 0. The summed E-state index contributed by atoms with van der Waals surface area (Å²) in [5.41, 5.74) is 2.30. The van der Waals surface area contributed by atoms with Crippen molar-refractivity contribution in [2.24, 2.45) is 5.10 Å². The van der Waals surface area contributed by atoms with Crippen LogP contribution in [0.25, 0.3) is 0 Å². The smallest absolute Gasteiger partial charge is 0.479 e. The van der Waals surface area contributed by atoms with Crippen molar-refractivity contribution in [2.45, 2.75) is 24.4 Å². The second-order valence-electron chi connectivity index (χ2n) is 4.21. The molecule has 0 aliphatic heterocycles. The second-order valence-corrected chi connectivity index (χ2v) is 4.21. The number of aliphatic hydroxyl groups excluding tert-OH is 4. The summed E-state index contributed by atoms with van der Waals surface area (Å²) in [6, 6.07) is 2.84. The van der Waals surface area contributed by atoms with Gasteiger partial charge in [-0.05, 0) is 12.1 Å². The zero-order valence-corrected chi connectivity index (χ0v) is 14.1. The molecule has 0 aliphatic carbocycles. The largest absolute Gasteiger partial charge is 1.00 e. The molecule has 1 aromatic rings. The number of nitrogens with zero attached hydrogens (tertiary/aromatic N) is 2. The number of aliphatic hydroxyl groups is 4. The number of pyridine rings is 1. The summed E-state index contributed by atoms with van der Waals surface area (Å²) in [7, 11) is 0. The number of rotatable bonds is 7. The van der Waals surface area contributed by atoms with Gasteiger partial charge in [-0.1, -0.05) is 0 Å².